The van der Waals surface area contributed by atoms with Gasteiger partial charge in [-0.25, -0.2) is 0 Å². The van der Waals surface area contributed by atoms with Crippen LogP contribution in [0.2, 0.25) is 0 Å². The zero-order valence-corrected chi connectivity index (χ0v) is 20.5. The van der Waals surface area contributed by atoms with Gasteiger partial charge in [-0.1, -0.05) is 42.0 Å². The molecule has 0 bridgehead atoms. The number of amides is 1. The second-order valence-corrected chi connectivity index (χ2v) is 8.70. The molecule has 0 unspecified atom stereocenters. The minimum Gasteiger partial charge on any atom is -0.487 e. The van der Waals surface area contributed by atoms with Gasteiger partial charge in [0.1, 0.15) is 29.7 Å². The summed E-state index contributed by atoms with van der Waals surface area (Å²) in [6, 6.07) is 19.0. The van der Waals surface area contributed by atoms with Crippen LogP contribution in [0.1, 0.15) is 16.7 Å². The average Bonchev–Trinajstić information content (AvgIpc) is 2.77. The van der Waals surface area contributed by atoms with E-state index in [0.29, 0.717) is 26.9 Å². The topological polar surface area (TPSA) is 105 Å². The zero-order valence-electron chi connectivity index (χ0n) is 17.3. The zero-order chi connectivity index (χ0) is 24.0. The summed E-state index contributed by atoms with van der Waals surface area (Å²) in [4.78, 5) is 23.1. The molecule has 0 aliphatic rings. The number of carbonyl (C=O) groups is 1. The number of halogens is 2. The summed E-state index contributed by atoms with van der Waals surface area (Å²) in [6.45, 7) is 2.38. The van der Waals surface area contributed by atoms with Gasteiger partial charge in [-0.15, -0.1) is 0 Å². The highest BCUT2D eigenvalue weighted by molar-refractivity contribution is 9.11. The third-order valence-corrected chi connectivity index (χ3v) is 5.69. The van der Waals surface area contributed by atoms with Gasteiger partial charge in [0.2, 0.25) is 0 Å². The van der Waals surface area contributed by atoms with Crippen LogP contribution in [0, 0.1) is 28.4 Å². The first-order valence-electron chi connectivity index (χ1n) is 9.62. The first-order chi connectivity index (χ1) is 15.8. The maximum absolute atomic E-state index is 12.6. The molecule has 3 aromatic carbocycles. The molecule has 0 aliphatic heterocycles. The summed E-state index contributed by atoms with van der Waals surface area (Å²) in [7, 11) is 0. The van der Waals surface area contributed by atoms with Gasteiger partial charge in [0.15, 0.2) is 0 Å². The number of rotatable bonds is 7. The monoisotopic (exact) mass is 569 g/mol. The van der Waals surface area contributed by atoms with Crippen molar-refractivity contribution in [2.75, 3.05) is 5.32 Å². The Morgan fingerprint density at radius 3 is 2.48 bits per heavy atom. The number of nitriles is 1. The Labute approximate surface area is 207 Å². The number of nitrogens with one attached hydrogen (secondary N) is 1. The van der Waals surface area contributed by atoms with Gasteiger partial charge in [0, 0.05) is 6.07 Å². The molecule has 0 aromatic heterocycles. The SMILES string of the molecule is Cc1cccc(COc2c(Br)cc(C=C(C#N)C(=O)Nc3ccccc3[N+](=O)[O-])cc2Br)c1. The van der Waals surface area contributed by atoms with Crippen LogP contribution in [-0.2, 0) is 11.4 Å². The lowest BCUT2D eigenvalue weighted by Gasteiger charge is -2.12. The van der Waals surface area contributed by atoms with Gasteiger partial charge in [-0.2, -0.15) is 5.26 Å². The Hall–Kier alpha value is -3.48. The molecular formula is C24H17Br2N3O4. The maximum atomic E-state index is 12.6. The van der Waals surface area contributed by atoms with E-state index in [-0.39, 0.29) is 16.9 Å². The Kier molecular flexibility index (Phi) is 7.98. The number of hydrogen-bond acceptors (Lipinski definition) is 5. The molecule has 0 atom stereocenters. The normalized spacial score (nSPS) is 10.9. The van der Waals surface area contributed by atoms with Gasteiger partial charge >= 0.3 is 0 Å². The van der Waals surface area contributed by atoms with E-state index in [1.807, 2.05) is 37.3 Å². The molecule has 166 valence electrons. The number of nitrogens with zero attached hydrogens (tertiary/aromatic N) is 2. The van der Waals surface area contributed by atoms with Crippen molar-refractivity contribution in [3.05, 3.63) is 102 Å². The molecule has 9 heteroatoms. The molecule has 0 aliphatic carbocycles. The first kappa shape index (κ1) is 24.2. The lowest BCUT2D eigenvalue weighted by molar-refractivity contribution is -0.383. The largest absolute Gasteiger partial charge is 0.487 e. The van der Waals surface area contributed by atoms with E-state index in [2.05, 4.69) is 37.2 Å². The van der Waals surface area contributed by atoms with Crippen molar-refractivity contribution in [3.8, 4) is 11.8 Å². The highest BCUT2D eigenvalue weighted by Crippen LogP contribution is 2.36. The molecule has 0 saturated carbocycles. The molecule has 33 heavy (non-hydrogen) atoms. The summed E-state index contributed by atoms with van der Waals surface area (Å²) in [6.07, 6.45) is 1.39. The second kappa shape index (κ2) is 10.9. The Balaban J connectivity index is 1.80. The number of anilines is 1. The summed E-state index contributed by atoms with van der Waals surface area (Å²) < 4.78 is 7.20. The number of nitro groups is 1. The van der Waals surface area contributed by atoms with Crippen molar-refractivity contribution in [1.82, 2.24) is 0 Å². The average molecular weight is 571 g/mol. The van der Waals surface area contributed by atoms with Crippen molar-refractivity contribution in [2.45, 2.75) is 13.5 Å². The lowest BCUT2D eigenvalue weighted by atomic mass is 10.1. The number of para-hydroxylation sites is 2. The van der Waals surface area contributed by atoms with Gasteiger partial charge in [0.05, 0.1) is 13.9 Å². The lowest BCUT2D eigenvalue weighted by Crippen LogP contribution is -2.14. The minimum absolute atomic E-state index is 0.0101. The second-order valence-electron chi connectivity index (χ2n) is 6.99. The van der Waals surface area contributed by atoms with Crippen LogP contribution in [0.5, 0.6) is 5.75 Å². The standard InChI is InChI=1S/C24H17Br2N3O4/c1-15-5-4-6-16(9-15)14-33-23-19(25)11-17(12-20(23)26)10-18(13-27)24(30)28-21-7-2-3-8-22(21)29(31)32/h2-12H,14H2,1H3,(H,28,30). The van der Waals surface area contributed by atoms with Gasteiger partial charge in [0.25, 0.3) is 11.6 Å². The van der Waals surface area contributed by atoms with Crippen LogP contribution in [-0.4, -0.2) is 10.8 Å². The van der Waals surface area contributed by atoms with Crippen LogP contribution in [0.15, 0.2) is 75.2 Å². The first-order valence-corrected chi connectivity index (χ1v) is 11.2. The van der Waals surface area contributed by atoms with Crippen molar-refractivity contribution < 1.29 is 14.5 Å². The number of hydrogen-bond donors (Lipinski definition) is 1. The van der Waals surface area contributed by atoms with Crippen molar-refractivity contribution in [2.24, 2.45) is 0 Å². The Bertz CT molecular complexity index is 1280. The van der Waals surface area contributed by atoms with E-state index in [1.54, 1.807) is 18.2 Å². The fourth-order valence-electron chi connectivity index (χ4n) is 3.00. The highest BCUT2D eigenvalue weighted by Gasteiger charge is 2.18. The number of benzene rings is 3. The molecule has 7 nitrogen and oxygen atoms in total. The van der Waals surface area contributed by atoms with Crippen LogP contribution < -0.4 is 10.1 Å². The Morgan fingerprint density at radius 2 is 1.85 bits per heavy atom. The number of ether oxygens (including phenoxy) is 1. The number of carbonyl (C=O) groups excluding carboxylic acids is 1. The van der Waals surface area contributed by atoms with E-state index in [0.717, 1.165) is 11.1 Å². The van der Waals surface area contributed by atoms with Crippen LogP contribution >= 0.6 is 31.9 Å². The minimum atomic E-state index is -0.751. The van der Waals surface area contributed by atoms with E-state index >= 15 is 0 Å². The highest BCUT2D eigenvalue weighted by atomic mass is 79.9. The molecule has 3 rings (SSSR count). The molecule has 0 radical (unpaired) electrons. The van der Waals surface area contributed by atoms with Crippen molar-refractivity contribution >= 4 is 55.2 Å². The molecule has 3 aromatic rings. The smallest absolute Gasteiger partial charge is 0.292 e. The van der Waals surface area contributed by atoms with Crippen molar-refractivity contribution in [3.63, 3.8) is 0 Å². The van der Waals surface area contributed by atoms with Crippen LogP contribution in [0.4, 0.5) is 11.4 Å². The summed E-state index contributed by atoms with van der Waals surface area (Å²) >= 11 is 6.94. The predicted molar refractivity (Wildman–Crippen MR) is 133 cm³/mol. The summed E-state index contributed by atoms with van der Waals surface area (Å²) in [5, 5.41) is 23.1. The van der Waals surface area contributed by atoms with Gasteiger partial charge in [-0.3, -0.25) is 14.9 Å². The van der Waals surface area contributed by atoms with Crippen LogP contribution in [0.3, 0.4) is 0 Å². The molecule has 1 N–H and O–H groups in total. The number of nitro benzene ring substituents is 1. The fourth-order valence-corrected chi connectivity index (χ4v) is 4.45. The van der Waals surface area contributed by atoms with Crippen molar-refractivity contribution in [1.29, 1.82) is 5.26 Å². The van der Waals surface area contributed by atoms with E-state index in [4.69, 9.17) is 4.74 Å². The molecule has 0 heterocycles. The fraction of sp³-hybridized carbons (Fsp3) is 0.0833. The quantitative estimate of drug-likeness (QED) is 0.150. The summed E-state index contributed by atoms with van der Waals surface area (Å²) in [5.41, 5.74) is 2.26. The van der Waals surface area contributed by atoms with Gasteiger partial charge < -0.3 is 10.1 Å². The maximum Gasteiger partial charge on any atom is 0.292 e. The Morgan fingerprint density at radius 1 is 1.15 bits per heavy atom. The third-order valence-electron chi connectivity index (χ3n) is 4.51. The number of aryl methyl sites for hydroxylation is 1. The van der Waals surface area contributed by atoms with E-state index in [9.17, 15) is 20.2 Å². The van der Waals surface area contributed by atoms with E-state index < -0.39 is 10.8 Å². The third kappa shape index (κ3) is 6.28. The molecular weight excluding hydrogens is 554 g/mol. The molecule has 0 fully saturated rings. The molecule has 0 saturated heterocycles. The van der Waals surface area contributed by atoms with E-state index in [1.165, 1.54) is 24.3 Å². The summed E-state index contributed by atoms with van der Waals surface area (Å²) in [5.74, 6) is -0.171. The van der Waals surface area contributed by atoms with Crippen LogP contribution in [0.25, 0.3) is 6.08 Å². The molecule has 0 spiro atoms. The predicted octanol–water partition coefficient (Wildman–Crippen LogP) is 6.55. The van der Waals surface area contributed by atoms with Gasteiger partial charge in [-0.05, 0) is 74.2 Å². The molecule has 1 amide bonds.